The van der Waals surface area contributed by atoms with Gasteiger partial charge >= 0.3 is 0 Å². The first-order valence-electron chi connectivity index (χ1n) is 5.16. The zero-order chi connectivity index (χ0) is 11.0. The Morgan fingerprint density at radius 3 is 2.07 bits per heavy atom. The van der Waals surface area contributed by atoms with Crippen LogP contribution in [0.3, 0.4) is 0 Å². The lowest BCUT2D eigenvalue weighted by Crippen LogP contribution is -1.89. The van der Waals surface area contributed by atoms with E-state index in [0.29, 0.717) is 23.0 Å². The minimum absolute atomic E-state index is 0.297. The third kappa shape index (κ3) is 4.14. The Balaban J connectivity index is 0.000000791. The van der Waals surface area contributed by atoms with Gasteiger partial charge in [0.2, 0.25) is 0 Å². The van der Waals surface area contributed by atoms with Crippen LogP contribution < -0.4 is 0 Å². The molecule has 0 aliphatic carbocycles. The second-order valence-electron chi connectivity index (χ2n) is 2.96. The summed E-state index contributed by atoms with van der Waals surface area (Å²) in [5.74, 6) is 0.573. The van der Waals surface area contributed by atoms with Crippen molar-refractivity contribution in [3.05, 3.63) is 29.8 Å². The van der Waals surface area contributed by atoms with Gasteiger partial charge in [-0.2, -0.15) is 3.89 Å². The highest BCUT2D eigenvalue weighted by atomic mass is 32.2. The van der Waals surface area contributed by atoms with Crippen LogP contribution in [0.4, 0.5) is 3.89 Å². The van der Waals surface area contributed by atoms with Crippen LogP contribution in [-0.2, 0) is 0 Å². The molecule has 0 aliphatic heterocycles. The molecule has 0 heterocycles. The van der Waals surface area contributed by atoms with Crippen molar-refractivity contribution < 1.29 is 3.89 Å². The average molecular weight is 214 g/mol. The molecule has 0 aliphatic rings. The molecular formula is C12H19FS. The first-order chi connectivity index (χ1) is 6.77. The summed E-state index contributed by atoms with van der Waals surface area (Å²) in [6, 6.07) is 7.64. The number of rotatable bonds is 3. The second-order valence-corrected chi connectivity index (χ2v) is 3.58. The fourth-order valence-electron chi connectivity index (χ4n) is 1.08. The monoisotopic (exact) mass is 214 g/mol. The fraction of sp³-hybridized carbons (Fsp3) is 0.500. The number of halogens is 1. The van der Waals surface area contributed by atoms with Crippen molar-refractivity contribution >= 4 is 12.1 Å². The molecule has 0 nitrogen and oxygen atoms in total. The lowest BCUT2D eigenvalue weighted by molar-refractivity contribution is 0.732. The van der Waals surface area contributed by atoms with E-state index in [1.54, 1.807) is 0 Å². The van der Waals surface area contributed by atoms with E-state index >= 15 is 0 Å². The Morgan fingerprint density at radius 2 is 1.71 bits per heavy atom. The Morgan fingerprint density at radius 1 is 1.21 bits per heavy atom. The maximum atomic E-state index is 12.1. The summed E-state index contributed by atoms with van der Waals surface area (Å²) >= 11 is 0.297. The highest BCUT2D eigenvalue weighted by molar-refractivity contribution is 7.94. The van der Waals surface area contributed by atoms with Gasteiger partial charge in [-0.05, 0) is 30.0 Å². The van der Waals surface area contributed by atoms with Gasteiger partial charge in [0.25, 0.3) is 0 Å². The minimum Gasteiger partial charge on any atom is -0.160 e. The average Bonchev–Trinajstić information content (AvgIpc) is 2.31. The predicted molar refractivity (Wildman–Crippen MR) is 63.5 cm³/mol. The summed E-state index contributed by atoms with van der Waals surface area (Å²) in [5.41, 5.74) is 1.29. The smallest absolute Gasteiger partial charge is 0.0812 e. The van der Waals surface area contributed by atoms with Crippen LogP contribution in [0.5, 0.6) is 0 Å². The summed E-state index contributed by atoms with van der Waals surface area (Å²) in [6.07, 6.45) is 1.13. The van der Waals surface area contributed by atoms with Gasteiger partial charge < -0.3 is 0 Å². The van der Waals surface area contributed by atoms with Crippen LogP contribution in [0.2, 0.25) is 0 Å². The predicted octanol–water partition coefficient (Wildman–Crippen LogP) is 5.20. The molecule has 80 valence electrons. The molecule has 0 aromatic heterocycles. The van der Waals surface area contributed by atoms with Crippen molar-refractivity contribution in [2.45, 2.75) is 44.9 Å². The first kappa shape index (κ1) is 13.5. The van der Waals surface area contributed by atoms with Crippen LogP contribution >= 0.6 is 12.1 Å². The van der Waals surface area contributed by atoms with E-state index in [0.717, 1.165) is 6.42 Å². The molecule has 0 radical (unpaired) electrons. The van der Waals surface area contributed by atoms with Crippen molar-refractivity contribution in [2.75, 3.05) is 0 Å². The van der Waals surface area contributed by atoms with Gasteiger partial charge in [-0.3, -0.25) is 0 Å². The quantitative estimate of drug-likeness (QED) is 0.666. The van der Waals surface area contributed by atoms with E-state index in [9.17, 15) is 3.89 Å². The standard InChI is InChI=1S/C10H13FS.C2H6/c1-3-8(2)9-4-6-10(12-11)7-5-9;1-2/h4-8H,3H2,1-2H3;1-2H3. The summed E-state index contributed by atoms with van der Waals surface area (Å²) < 4.78 is 12.1. The molecule has 0 bridgehead atoms. The van der Waals surface area contributed by atoms with E-state index in [4.69, 9.17) is 0 Å². The largest absolute Gasteiger partial charge is 0.160 e. The number of hydrogen-bond acceptors (Lipinski definition) is 1. The molecule has 2 heteroatoms. The third-order valence-electron chi connectivity index (χ3n) is 2.15. The van der Waals surface area contributed by atoms with E-state index in [-0.39, 0.29) is 0 Å². The van der Waals surface area contributed by atoms with Crippen molar-refractivity contribution in [3.8, 4) is 0 Å². The zero-order valence-electron chi connectivity index (χ0n) is 9.38. The molecule has 0 amide bonds. The van der Waals surface area contributed by atoms with E-state index in [1.807, 2.05) is 38.1 Å². The SMILES string of the molecule is CC.CCC(C)c1ccc(SF)cc1. The third-order valence-corrected chi connectivity index (χ3v) is 2.60. The molecule has 1 aromatic rings. The lowest BCUT2D eigenvalue weighted by Gasteiger charge is -2.07. The topological polar surface area (TPSA) is 0 Å². The van der Waals surface area contributed by atoms with E-state index < -0.39 is 0 Å². The lowest BCUT2D eigenvalue weighted by atomic mass is 9.99. The van der Waals surface area contributed by atoms with Crippen LogP contribution in [0.15, 0.2) is 29.2 Å². The molecule has 1 unspecified atom stereocenters. The minimum atomic E-state index is 0.297. The number of hydrogen-bond donors (Lipinski definition) is 0. The summed E-state index contributed by atoms with van der Waals surface area (Å²) in [4.78, 5) is 0.682. The molecule has 1 rings (SSSR count). The van der Waals surface area contributed by atoms with Gasteiger partial charge in [0.15, 0.2) is 0 Å². The van der Waals surface area contributed by atoms with Gasteiger partial charge in [-0.15, -0.1) is 0 Å². The molecule has 0 N–H and O–H groups in total. The Hall–Kier alpha value is -0.500. The molecular weight excluding hydrogens is 195 g/mol. The maximum Gasteiger partial charge on any atom is 0.0812 e. The summed E-state index contributed by atoms with van der Waals surface area (Å²) in [7, 11) is 0. The molecule has 0 spiro atoms. The van der Waals surface area contributed by atoms with Crippen molar-refractivity contribution in [2.24, 2.45) is 0 Å². The van der Waals surface area contributed by atoms with Crippen LogP contribution in [0, 0.1) is 0 Å². The van der Waals surface area contributed by atoms with Crippen LogP contribution in [0.25, 0.3) is 0 Å². The maximum absolute atomic E-state index is 12.1. The van der Waals surface area contributed by atoms with E-state index in [2.05, 4.69) is 13.8 Å². The van der Waals surface area contributed by atoms with Crippen LogP contribution in [-0.4, -0.2) is 0 Å². The van der Waals surface area contributed by atoms with Gasteiger partial charge in [0.1, 0.15) is 0 Å². The van der Waals surface area contributed by atoms with Crippen molar-refractivity contribution in [1.29, 1.82) is 0 Å². The fourth-order valence-corrected chi connectivity index (χ4v) is 1.32. The molecule has 0 saturated carbocycles. The Bertz CT molecular complexity index is 231. The zero-order valence-corrected chi connectivity index (χ0v) is 10.2. The van der Waals surface area contributed by atoms with Crippen LogP contribution in [0.1, 0.15) is 45.6 Å². The summed E-state index contributed by atoms with van der Waals surface area (Å²) in [6.45, 7) is 8.33. The Kier molecular flexibility index (Phi) is 7.58. The molecule has 1 aromatic carbocycles. The van der Waals surface area contributed by atoms with Crippen molar-refractivity contribution in [1.82, 2.24) is 0 Å². The Labute approximate surface area is 91.2 Å². The van der Waals surface area contributed by atoms with Gasteiger partial charge in [0.05, 0.1) is 12.1 Å². The van der Waals surface area contributed by atoms with Gasteiger partial charge in [-0.25, -0.2) is 0 Å². The molecule has 14 heavy (non-hydrogen) atoms. The van der Waals surface area contributed by atoms with Crippen molar-refractivity contribution in [3.63, 3.8) is 0 Å². The van der Waals surface area contributed by atoms with Gasteiger partial charge in [-0.1, -0.05) is 39.8 Å². The summed E-state index contributed by atoms with van der Waals surface area (Å²) in [5, 5.41) is 0. The highest BCUT2D eigenvalue weighted by Crippen LogP contribution is 2.23. The normalized spacial score (nSPS) is 11.5. The second kappa shape index (κ2) is 7.86. The molecule has 0 saturated heterocycles. The molecule has 0 fully saturated rings. The first-order valence-corrected chi connectivity index (χ1v) is 5.88. The highest BCUT2D eigenvalue weighted by Gasteiger charge is 2.01. The number of benzene rings is 1. The molecule has 1 atom stereocenters. The van der Waals surface area contributed by atoms with E-state index in [1.165, 1.54) is 5.56 Å². The van der Waals surface area contributed by atoms with Gasteiger partial charge in [0, 0.05) is 4.90 Å².